The Morgan fingerprint density at radius 2 is 2.22 bits per heavy atom. The lowest BCUT2D eigenvalue weighted by Gasteiger charge is -2.16. The van der Waals surface area contributed by atoms with Crippen molar-refractivity contribution in [1.29, 1.82) is 0 Å². The lowest BCUT2D eigenvalue weighted by atomic mass is 10.1. The second-order valence-corrected chi connectivity index (χ2v) is 3.89. The first-order chi connectivity index (χ1) is 8.49. The van der Waals surface area contributed by atoms with Crippen LogP contribution in [0.25, 0.3) is 0 Å². The highest BCUT2D eigenvalue weighted by atomic mass is 16.6. The predicted octanol–water partition coefficient (Wildman–Crippen LogP) is 2.27. The highest BCUT2D eigenvalue weighted by molar-refractivity contribution is 5.79. The molecule has 98 valence electrons. The van der Waals surface area contributed by atoms with Crippen LogP contribution in [0.15, 0.2) is 18.2 Å². The fraction of sp³-hybridized carbons (Fsp3) is 0.417. The monoisotopic (exact) mass is 252 g/mol. The smallest absolute Gasteiger partial charge is 0.328 e. The van der Waals surface area contributed by atoms with E-state index in [1.165, 1.54) is 13.2 Å². The summed E-state index contributed by atoms with van der Waals surface area (Å²) in [5.74, 6) is -0.353. The summed E-state index contributed by atoms with van der Waals surface area (Å²) in [5, 5.41) is 13.7. The van der Waals surface area contributed by atoms with E-state index >= 15 is 0 Å². The zero-order chi connectivity index (χ0) is 13.7. The van der Waals surface area contributed by atoms with Crippen molar-refractivity contribution in [3.63, 3.8) is 0 Å². The van der Waals surface area contributed by atoms with E-state index < -0.39 is 11.0 Å². The normalized spacial score (nSPS) is 11.7. The minimum atomic E-state index is -0.448. The molecule has 0 amide bonds. The molecular formula is C12H16N2O4. The fourth-order valence-corrected chi connectivity index (χ4v) is 1.62. The van der Waals surface area contributed by atoms with E-state index in [1.807, 2.05) is 6.92 Å². The van der Waals surface area contributed by atoms with Crippen LogP contribution in [0, 0.1) is 17.0 Å². The quantitative estimate of drug-likeness (QED) is 0.494. The molecule has 1 aromatic rings. The van der Waals surface area contributed by atoms with Crippen molar-refractivity contribution in [2.75, 3.05) is 12.4 Å². The Hall–Kier alpha value is -2.11. The molecule has 1 N–H and O–H groups in total. The van der Waals surface area contributed by atoms with Crippen molar-refractivity contribution in [1.82, 2.24) is 0 Å². The molecule has 1 unspecified atom stereocenters. The van der Waals surface area contributed by atoms with Gasteiger partial charge in [-0.25, -0.2) is 4.79 Å². The second-order valence-electron chi connectivity index (χ2n) is 3.89. The number of aryl methyl sites for hydroxylation is 1. The van der Waals surface area contributed by atoms with Crippen LogP contribution in [0.2, 0.25) is 0 Å². The predicted molar refractivity (Wildman–Crippen MR) is 67.6 cm³/mol. The summed E-state index contributed by atoms with van der Waals surface area (Å²) in [4.78, 5) is 21.7. The third-order valence-electron chi connectivity index (χ3n) is 2.63. The highest BCUT2D eigenvalue weighted by Crippen LogP contribution is 2.22. The van der Waals surface area contributed by atoms with E-state index in [2.05, 4.69) is 10.1 Å². The van der Waals surface area contributed by atoms with Gasteiger partial charge in [0.15, 0.2) is 0 Å². The number of benzene rings is 1. The molecule has 0 aliphatic heterocycles. The average Bonchev–Trinajstić information content (AvgIpc) is 2.34. The van der Waals surface area contributed by atoms with Crippen LogP contribution in [-0.4, -0.2) is 24.0 Å². The molecule has 6 nitrogen and oxygen atoms in total. The molecule has 0 aliphatic carbocycles. The van der Waals surface area contributed by atoms with Crippen molar-refractivity contribution in [3.05, 3.63) is 33.9 Å². The van der Waals surface area contributed by atoms with Crippen molar-refractivity contribution in [2.24, 2.45) is 0 Å². The van der Waals surface area contributed by atoms with E-state index in [4.69, 9.17) is 0 Å². The molecule has 0 radical (unpaired) electrons. The summed E-state index contributed by atoms with van der Waals surface area (Å²) >= 11 is 0. The van der Waals surface area contributed by atoms with Gasteiger partial charge in [0.2, 0.25) is 0 Å². The van der Waals surface area contributed by atoms with Crippen molar-refractivity contribution < 1.29 is 14.5 Å². The Bertz CT molecular complexity index is 459. The number of hydrogen-bond acceptors (Lipinski definition) is 5. The molecule has 0 aromatic heterocycles. The molecule has 1 aromatic carbocycles. The molecular weight excluding hydrogens is 236 g/mol. The topological polar surface area (TPSA) is 81.5 Å². The number of rotatable bonds is 5. The maximum absolute atomic E-state index is 11.4. The molecule has 0 fully saturated rings. The second kappa shape index (κ2) is 6.00. The Kier molecular flexibility index (Phi) is 4.65. The summed E-state index contributed by atoms with van der Waals surface area (Å²) in [7, 11) is 1.33. The van der Waals surface area contributed by atoms with E-state index in [0.29, 0.717) is 17.7 Å². The van der Waals surface area contributed by atoms with Crippen LogP contribution in [0.4, 0.5) is 11.4 Å². The number of nitrogens with zero attached hydrogens (tertiary/aromatic N) is 1. The van der Waals surface area contributed by atoms with Crippen LogP contribution >= 0.6 is 0 Å². The Morgan fingerprint density at radius 3 is 2.67 bits per heavy atom. The van der Waals surface area contributed by atoms with E-state index in [9.17, 15) is 14.9 Å². The summed E-state index contributed by atoms with van der Waals surface area (Å²) < 4.78 is 4.66. The molecule has 0 spiro atoms. The molecule has 0 saturated carbocycles. The number of anilines is 1. The first kappa shape index (κ1) is 14.0. The van der Waals surface area contributed by atoms with Gasteiger partial charge in [-0.3, -0.25) is 10.1 Å². The maximum Gasteiger partial charge on any atom is 0.328 e. The van der Waals surface area contributed by atoms with Crippen LogP contribution in [-0.2, 0) is 9.53 Å². The van der Waals surface area contributed by atoms with Gasteiger partial charge in [0, 0.05) is 17.3 Å². The summed E-state index contributed by atoms with van der Waals surface area (Å²) in [6.45, 7) is 3.51. The van der Waals surface area contributed by atoms with E-state index in [1.54, 1.807) is 19.1 Å². The number of esters is 1. The standard InChI is InChI=1S/C12H16N2O4/c1-4-10(12(15)18-3)13-9-5-6-11(14(16)17)8(2)7-9/h5-7,10,13H,4H2,1-3H3. The Balaban J connectivity index is 2.88. The zero-order valence-corrected chi connectivity index (χ0v) is 10.6. The third kappa shape index (κ3) is 3.19. The van der Waals surface area contributed by atoms with Gasteiger partial charge in [0.25, 0.3) is 5.69 Å². The molecule has 18 heavy (non-hydrogen) atoms. The van der Waals surface area contributed by atoms with Crippen molar-refractivity contribution in [3.8, 4) is 0 Å². The number of hydrogen-bond donors (Lipinski definition) is 1. The van der Waals surface area contributed by atoms with E-state index in [-0.39, 0.29) is 11.7 Å². The van der Waals surface area contributed by atoms with Gasteiger partial charge in [-0.15, -0.1) is 0 Å². The number of carbonyl (C=O) groups excluding carboxylic acids is 1. The van der Waals surface area contributed by atoms with Crippen LogP contribution < -0.4 is 5.32 Å². The van der Waals surface area contributed by atoms with Gasteiger partial charge < -0.3 is 10.1 Å². The number of methoxy groups -OCH3 is 1. The first-order valence-corrected chi connectivity index (χ1v) is 5.59. The van der Waals surface area contributed by atoms with Gasteiger partial charge in [-0.05, 0) is 25.5 Å². The summed E-state index contributed by atoms with van der Waals surface area (Å²) in [6, 6.07) is 4.19. The Labute approximate surface area is 105 Å². The average molecular weight is 252 g/mol. The number of ether oxygens (including phenoxy) is 1. The molecule has 6 heteroatoms. The van der Waals surface area contributed by atoms with Gasteiger partial charge >= 0.3 is 5.97 Å². The summed E-state index contributed by atoms with van der Waals surface area (Å²) in [5.41, 5.74) is 1.27. The van der Waals surface area contributed by atoms with Crippen molar-refractivity contribution >= 4 is 17.3 Å². The molecule has 0 aliphatic rings. The van der Waals surface area contributed by atoms with Crippen LogP contribution in [0.1, 0.15) is 18.9 Å². The van der Waals surface area contributed by atoms with Gasteiger partial charge in [0.05, 0.1) is 12.0 Å². The largest absolute Gasteiger partial charge is 0.467 e. The lowest BCUT2D eigenvalue weighted by molar-refractivity contribution is -0.385. The molecule has 1 rings (SSSR count). The molecule has 1 atom stereocenters. The Morgan fingerprint density at radius 1 is 1.56 bits per heavy atom. The molecule has 0 saturated heterocycles. The lowest BCUT2D eigenvalue weighted by Crippen LogP contribution is -2.29. The maximum atomic E-state index is 11.4. The fourth-order valence-electron chi connectivity index (χ4n) is 1.62. The number of carbonyl (C=O) groups is 1. The van der Waals surface area contributed by atoms with E-state index in [0.717, 1.165) is 0 Å². The van der Waals surface area contributed by atoms with Gasteiger partial charge in [-0.1, -0.05) is 6.92 Å². The van der Waals surface area contributed by atoms with Crippen LogP contribution in [0.5, 0.6) is 0 Å². The minimum absolute atomic E-state index is 0.0617. The van der Waals surface area contributed by atoms with Crippen LogP contribution in [0.3, 0.4) is 0 Å². The van der Waals surface area contributed by atoms with Crippen molar-refractivity contribution in [2.45, 2.75) is 26.3 Å². The number of nitro groups is 1. The summed E-state index contributed by atoms with van der Waals surface area (Å²) in [6.07, 6.45) is 0.572. The number of nitro benzene ring substituents is 1. The molecule has 0 bridgehead atoms. The number of nitrogens with one attached hydrogen (secondary N) is 1. The SMILES string of the molecule is CCC(Nc1ccc([N+](=O)[O-])c(C)c1)C(=O)OC. The van der Waals surface area contributed by atoms with Gasteiger partial charge in [0.1, 0.15) is 6.04 Å². The molecule has 0 heterocycles. The zero-order valence-electron chi connectivity index (χ0n) is 10.6. The minimum Gasteiger partial charge on any atom is -0.467 e. The first-order valence-electron chi connectivity index (χ1n) is 5.59. The highest BCUT2D eigenvalue weighted by Gasteiger charge is 2.17. The third-order valence-corrected chi connectivity index (χ3v) is 2.63. The van der Waals surface area contributed by atoms with Gasteiger partial charge in [-0.2, -0.15) is 0 Å².